The van der Waals surface area contributed by atoms with Gasteiger partial charge in [0.05, 0.1) is 12.8 Å². The second kappa shape index (κ2) is 8.69. The highest BCUT2D eigenvalue weighted by Gasteiger charge is 2.51. The topological polar surface area (TPSA) is 99.1 Å². The molecule has 0 saturated carbocycles. The van der Waals surface area contributed by atoms with Crippen LogP contribution in [-0.4, -0.2) is 42.8 Å². The van der Waals surface area contributed by atoms with E-state index in [0.29, 0.717) is 34.7 Å². The smallest absolute Gasteiger partial charge is 0.264 e. The van der Waals surface area contributed by atoms with Gasteiger partial charge in [0.15, 0.2) is 5.60 Å². The van der Waals surface area contributed by atoms with E-state index in [1.54, 1.807) is 75.7 Å². The Kier molecular flexibility index (Phi) is 6.24. The van der Waals surface area contributed by atoms with Crippen molar-refractivity contribution < 1.29 is 24.5 Å². The Bertz CT molecular complexity index is 970. The number of hydrogen-bond acceptors (Lipinski definition) is 5. The molecule has 2 aromatic carbocycles. The minimum atomic E-state index is -1.75. The third-order valence-electron chi connectivity index (χ3n) is 5.39. The molecule has 0 aliphatic carbocycles. The highest BCUT2D eigenvalue weighted by Crippen LogP contribution is 2.45. The van der Waals surface area contributed by atoms with Crippen LogP contribution in [0.1, 0.15) is 29.3 Å². The van der Waals surface area contributed by atoms with Crippen LogP contribution in [0.25, 0.3) is 0 Å². The number of rotatable bonds is 7. The second-order valence-corrected chi connectivity index (χ2v) is 7.27. The number of nitrogens with zero attached hydrogens (tertiary/aromatic N) is 1. The summed E-state index contributed by atoms with van der Waals surface area (Å²) in [6.07, 6.45) is 3.90. The molecule has 2 amide bonds. The van der Waals surface area contributed by atoms with E-state index >= 15 is 0 Å². The van der Waals surface area contributed by atoms with Crippen LogP contribution >= 0.6 is 0 Å². The van der Waals surface area contributed by atoms with Crippen molar-refractivity contribution in [3.8, 4) is 5.75 Å². The van der Waals surface area contributed by atoms with Crippen molar-refractivity contribution in [1.82, 2.24) is 0 Å². The van der Waals surface area contributed by atoms with Crippen LogP contribution in [0.5, 0.6) is 5.75 Å². The Morgan fingerprint density at radius 1 is 1.27 bits per heavy atom. The van der Waals surface area contributed by atoms with E-state index in [-0.39, 0.29) is 12.5 Å². The average Bonchev–Trinajstić information content (AvgIpc) is 2.95. The monoisotopic (exact) mass is 410 g/mol. The summed E-state index contributed by atoms with van der Waals surface area (Å²) in [6, 6.07) is 11.7. The largest absolute Gasteiger partial charge is 0.497 e. The summed E-state index contributed by atoms with van der Waals surface area (Å²) >= 11 is 0. The Hall–Kier alpha value is -3.16. The molecular weight excluding hydrogens is 384 g/mol. The van der Waals surface area contributed by atoms with Crippen molar-refractivity contribution >= 4 is 23.2 Å². The predicted octanol–water partition coefficient (Wildman–Crippen LogP) is 2.69. The zero-order chi connectivity index (χ0) is 21.9. The van der Waals surface area contributed by atoms with Gasteiger partial charge in [-0.1, -0.05) is 19.1 Å². The maximum Gasteiger partial charge on any atom is 0.264 e. The van der Waals surface area contributed by atoms with Gasteiger partial charge in [0.1, 0.15) is 5.75 Å². The van der Waals surface area contributed by atoms with E-state index in [9.17, 15) is 14.7 Å². The maximum atomic E-state index is 12.9. The van der Waals surface area contributed by atoms with Gasteiger partial charge in [-0.25, -0.2) is 0 Å². The number of aliphatic hydroxyl groups is 2. The van der Waals surface area contributed by atoms with E-state index in [1.807, 2.05) is 0 Å². The van der Waals surface area contributed by atoms with Crippen molar-refractivity contribution in [2.24, 2.45) is 5.92 Å². The van der Waals surface area contributed by atoms with Gasteiger partial charge < -0.3 is 25.2 Å². The number of methoxy groups -OCH3 is 1. The molecule has 0 aromatic heterocycles. The SMILES string of the molecule is COc1ccc(C(=O)Nc2ccc3c(c2)[C@@](O)([C@H](C)/C=C/CCO)C(=O)N3C)cc1. The summed E-state index contributed by atoms with van der Waals surface area (Å²) in [6.45, 7) is 1.74. The molecule has 0 fully saturated rings. The lowest BCUT2D eigenvalue weighted by atomic mass is 9.82. The Morgan fingerprint density at radius 2 is 1.97 bits per heavy atom. The second-order valence-electron chi connectivity index (χ2n) is 7.27. The number of carbonyl (C=O) groups excluding carboxylic acids is 2. The number of carbonyl (C=O) groups is 2. The van der Waals surface area contributed by atoms with Gasteiger partial charge in [-0.2, -0.15) is 0 Å². The van der Waals surface area contributed by atoms with E-state index in [1.165, 1.54) is 4.90 Å². The van der Waals surface area contributed by atoms with Crippen LogP contribution in [0.2, 0.25) is 0 Å². The van der Waals surface area contributed by atoms with Crippen molar-refractivity contribution in [3.05, 3.63) is 65.7 Å². The van der Waals surface area contributed by atoms with Crippen LogP contribution < -0.4 is 15.0 Å². The number of ether oxygens (including phenoxy) is 1. The first-order valence-electron chi connectivity index (χ1n) is 9.71. The molecule has 0 bridgehead atoms. The Balaban J connectivity index is 1.90. The molecule has 7 nitrogen and oxygen atoms in total. The highest BCUT2D eigenvalue weighted by atomic mass is 16.5. The maximum absolute atomic E-state index is 12.9. The summed E-state index contributed by atoms with van der Waals surface area (Å²) in [5.74, 6) is -0.612. The molecule has 158 valence electrons. The summed E-state index contributed by atoms with van der Waals surface area (Å²) in [7, 11) is 3.16. The molecule has 1 aliphatic rings. The number of nitrogens with one attached hydrogen (secondary N) is 1. The van der Waals surface area contributed by atoms with E-state index in [4.69, 9.17) is 9.84 Å². The first-order valence-corrected chi connectivity index (χ1v) is 9.71. The lowest BCUT2D eigenvalue weighted by Crippen LogP contribution is -2.43. The van der Waals surface area contributed by atoms with Gasteiger partial charge in [-0.15, -0.1) is 0 Å². The Morgan fingerprint density at radius 3 is 2.60 bits per heavy atom. The van der Waals surface area contributed by atoms with E-state index in [2.05, 4.69) is 5.32 Å². The van der Waals surface area contributed by atoms with Crippen molar-refractivity contribution in [1.29, 1.82) is 0 Å². The van der Waals surface area contributed by atoms with Crippen LogP contribution in [0.3, 0.4) is 0 Å². The zero-order valence-corrected chi connectivity index (χ0v) is 17.3. The fourth-order valence-electron chi connectivity index (χ4n) is 3.59. The van der Waals surface area contributed by atoms with Gasteiger partial charge in [0.2, 0.25) is 0 Å². The number of benzene rings is 2. The van der Waals surface area contributed by atoms with Crippen molar-refractivity contribution in [3.63, 3.8) is 0 Å². The number of likely N-dealkylation sites (N-methyl/N-ethyl adjacent to an activating group) is 1. The normalized spacial score (nSPS) is 19.1. The van der Waals surface area contributed by atoms with Gasteiger partial charge >= 0.3 is 0 Å². The first kappa shape index (κ1) is 21.5. The van der Waals surface area contributed by atoms with Crippen LogP contribution in [0.4, 0.5) is 11.4 Å². The lowest BCUT2D eigenvalue weighted by Gasteiger charge is -2.27. The minimum Gasteiger partial charge on any atom is -0.497 e. The molecule has 3 N–H and O–H groups in total. The molecule has 0 radical (unpaired) electrons. The zero-order valence-electron chi connectivity index (χ0n) is 17.3. The molecule has 2 atom stereocenters. The molecule has 1 aliphatic heterocycles. The molecule has 2 aromatic rings. The fourth-order valence-corrected chi connectivity index (χ4v) is 3.59. The molecular formula is C23H26N2O5. The summed E-state index contributed by atoms with van der Waals surface area (Å²) in [4.78, 5) is 26.9. The molecule has 0 spiro atoms. The van der Waals surface area contributed by atoms with Gasteiger partial charge in [0.25, 0.3) is 11.8 Å². The number of fused-ring (bicyclic) bond motifs is 1. The molecule has 0 unspecified atom stereocenters. The number of aliphatic hydroxyl groups excluding tert-OH is 1. The summed E-state index contributed by atoms with van der Waals surface area (Å²) in [5, 5.41) is 23.1. The minimum absolute atomic E-state index is 0.00632. The van der Waals surface area contributed by atoms with Crippen molar-refractivity contribution in [2.75, 3.05) is 31.0 Å². The van der Waals surface area contributed by atoms with Crippen LogP contribution in [-0.2, 0) is 10.4 Å². The van der Waals surface area contributed by atoms with Crippen LogP contribution in [0.15, 0.2) is 54.6 Å². The highest BCUT2D eigenvalue weighted by molar-refractivity contribution is 6.08. The van der Waals surface area contributed by atoms with Crippen LogP contribution in [0, 0.1) is 5.92 Å². The first-order chi connectivity index (χ1) is 14.3. The number of amides is 2. The van der Waals surface area contributed by atoms with Gasteiger partial charge in [-0.05, 0) is 48.9 Å². The predicted molar refractivity (Wildman–Crippen MR) is 115 cm³/mol. The number of hydrogen-bond donors (Lipinski definition) is 3. The lowest BCUT2D eigenvalue weighted by molar-refractivity contribution is -0.139. The number of anilines is 2. The van der Waals surface area contributed by atoms with E-state index in [0.717, 1.165) is 0 Å². The molecule has 30 heavy (non-hydrogen) atoms. The van der Waals surface area contributed by atoms with Gasteiger partial charge in [0, 0.05) is 36.4 Å². The van der Waals surface area contributed by atoms with Gasteiger partial charge in [-0.3, -0.25) is 9.59 Å². The fraction of sp³-hybridized carbons (Fsp3) is 0.304. The quantitative estimate of drug-likeness (QED) is 0.610. The average molecular weight is 410 g/mol. The summed E-state index contributed by atoms with van der Waals surface area (Å²) < 4.78 is 5.10. The summed E-state index contributed by atoms with van der Waals surface area (Å²) in [5.41, 5.74) is 0.204. The third-order valence-corrected chi connectivity index (χ3v) is 5.39. The van der Waals surface area contributed by atoms with E-state index < -0.39 is 17.4 Å². The Labute approximate surface area is 175 Å². The standard InChI is InChI=1S/C23H26N2O5/c1-15(6-4-5-13-26)23(29)19-14-17(9-12-20(19)25(2)22(23)28)24-21(27)16-7-10-18(30-3)11-8-16/h4,6-12,14-15,26,29H,5,13H2,1-3H3,(H,24,27)/b6-4+/t15-,23+/m1/s1. The molecule has 3 rings (SSSR count). The third kappa shape index (κ3) is 3.81. The van der Waals surface area contributed by atoms with Crippen molar-refractivity contribution in [2.45, 2.75) is 18.9 Å². The molecule has 7 heteroatoms. The molecule has 0 saturated heterocycles. The molecule has 1 heterocycles.